The maximum absolute atomic E-state index is 13.6. The van der Waals surface area contributed by atoms with E-state index in [1.165, 1.54) is 11.3 Å². The molecule has 0 aliphatic heterocycles. The molecule has 0 N–H and O–H groups in total. The topological polar surface area (TPSA) is 58.6 Å². The zero-order valence-electron chi connectivity index (χ0n) is 18.0. The molecule has 0 spiro atoms. The fourth-order valence-corrected chi connectivity index (χ4v) is 5.23. The van der Waals surface area contributed by atoms with Crippen molar-refractivity contribution in [2.24, 2.45) is 0 Å². The van der Waals surface area contributed by atoms with Crippen molar-refractivity contribution in [1.82, 2.24) is 14.9 Å². The molecule has 0 bridgehead atoms. The van der Waals surface area contributed by atoms with Crippen molar-refractivity contribution < 1.29 is 9.53 Å². The molecule has 1 amide bonds. The highest BCUT2D eigenvalue weighted by atomic mass is 32.1. The summed E-state index contributed by atoms with van der Waals surface area (Å²) in [6.07, 6.45) is 0. The van der Waals surface area contributed by atoms with E-state index in [1.54, 1.807) is 21.7 Å². The zero-order chi connectivity index (χ0) is 21.8. The number of aromatic nitrogens is 2. The molecule has 0 fully saturated rings. The Bertz CT molecular complexity index is 1180. The lowest BCUT2D eigenvalue weighted by Crippen LogP contribution is -2.38. The summed E-state index contributed by atoms with van der Waals surface area (Å²) in [6.45, 7) is 10.1. The molecule has 4 rings (SSSR count). The minimum absolute atomic E-state index is 0.0422. The molecular weight excluding hydrogens is 428 g/mol. The Morgan fingerprint density at radius 1 is 1.06 bits per heavy atom. The number of para-hydroxylation sites is 1. The number of carbonyl (C=O) groups is 1. The molecule has 2 aromatic heterocycles. The van der Waals surface area contributed by atoms with Crippen molar-refractivity contribution in [2.45, 2.75) is 20.8 Å². The number of fused-ring (bicyclic) bond motifs is 2. The largest absolute Gasteiger partial charge is 0.492 e. The molecule has 8 heteroatoms. The van der Waals surface area contributed by atoms with Gasteiger partial charge in [-0.3, -0.25) is 9.69 Å². The summed E-state index contributed by atoms with van der Waals surface area (Å²) >= 11 is 3.07. The van der Waals surface area contributed by atoms with Crippen LogP contribution in [0.25, 0.3) is 20.4 Å². The second-order valence-corrected chi connectivity index (χ2v) is 8.95. The van der Waals surface area contributed by atoms with Gasteiger partial charge in [-0.15, -0.1) is 11.3 Å². The summed E-state index contributed by atoms with van der Waals surface area (Å²) in [7, 11) is 0. The summed E-state index contributed by atoms with van der Waals surface area (Å²) in [5.74, 6) is 0.712. The molecule has 6 nitrogen and oxygen atoms in total. The second-order valence-electron chi connectivity index (χ2n) is 7.05. The van der Waals surface area contributed by atoms with Crippen molar-refractivity contribution in [3.63, 3.8) is 0 Å². The van der Waals surface area contributed by atoms with Gasteiger partial charge in [0.15, 0.2) is 5.13 Å². The predicted molar refractivity (Wildman–Crippen MR) is 130 cm³/mol. The van der Waals surface area contributed by atoms with Crippen molar-refractivity contribution in [3.8, 4) is 5.75 Å². The van der Waals surface area contributed by atoms with E-state index in [0.717, 1.165) is 45.8 Å². The Balaban J connectivity index is 1.72. The van der Waals surface area contributed by atoms with E-state index in [2.05, 4.69) is 23.7 Å². The fraction of sp³-hybridized carbons (Fsp3) is 0.348. The van der Waals surface area contributed by atoms with E-state index in [1.807, 2.05) is 43.3 Å². The van der Waals surface area contributed by atoms with Gasteiger partial charge in [-0.2, -0.15) is 0 Å². The number of likely N-dealkylation sites (N-methyl/N-ethyl adjacent to an activating group) is 1. The molecule has 0 aliphatic carbocycles. The third-order valence-electron chi connectivity index (χ3n) is 5.26. The van der Waals surface area contributed by atoms with E-state index >= 15 is 0 Å². The highest BCUT2D eigenvalue weighted by Gasteiger charge is 2.23. The minimum atomic E-state index is -0.0422. The van der Waals surface area contributed by atoms with E-state index < -0.39 is 0 Å². The summed E-state index contributed by atoms with van der Waals surface area (Å²) in [5.41, 5.74) is 4.18. The van der Waals surface area contributed by atoms with Crippen LogP contribution in [0.15, 0.2) is 41.9 Å². The van der Waals surface area contributed by atoms with Gasteiger partial charge in [0.1, 0.15) is 11.3 Å². The third kappa shape index (κ3) is 4.56. The van der Waals surface area contributed by atoms with Crippen LogP contribution >= 0.6 is 22.7 Å². The van der Waals surface area contributed by atoms with Crippen LogP contribution in [-0.2, 0) is 0 Å². The normalized spacial score (nSPS) is 11.5. The van der Waals surface area contributed by atoms with E-state index in [9.17, 15) is 4.79 Å². The van der Waals surface area contributed by atoms with E-state index in [4.69, 9.17) is 9.72 Å². The van der Waals surface area contributed by atoms with Gasteiger partial charge in [0, 0.05) is 18.7 Å². The van der Waals surface area contributed by atoms with Crippen LogP contribution in [0.4, 0.5) is 5.13 Å². The molecule has 0 saturated heterocycles. The summed E-state index contributed by atoms with van der Waals surface area (Å²) in [5, 5.41) is 0.698. The van der Waals surface area contributed by atoms with Crippen molar-refractivity contribution >= 4 is 54.1 Å². The van der Waals surface area contributed by atoms with Gasteiger partial charge in [0.25, 0.3) is 5.91 Å². The van der Waals surface area contributed by atoms with Gasteiger partial charge >= 0.3 is 0 Å². The molecule has 0 aliphatic rings. The SMILES string of the molecule is CCOc1cccc2sc(N(CCN(CC)CC)C(=O)c3ccc4ncsc4c3)nc12. The molecule has 2 aromatic carbocycles. The van der Waals surface area contributed by atoms with Gasteiger partial charge < -0.3 is 9.64 Å². The van der Waals surface area contributed by atoms with E-state index in [0.29, 0.717) is 23.8 Å². The molecule has 0 saturated carbocycles. The monoisotopic (exact) mass is 454 g/mol. The van der Waals surface area contributed by atoms with Gasteiger partial charge in [0.2, 0.25) is 0 Å². The summed E-state index contributed by atoms with van der Waals surface area (Å²) < 4.78 is 7.78. The Morgan fingerprint density at radius 2 is 1.90 bits per heavy atom. The average molecular weight is 455 g/mol. The Morgan fingerprint density at radius 3 is 2.68 bits per heavy atom. The number of benzene rings is 2. The molecule has 0 atom stereocenters. The highest BCUT2D eigenvalue weighted by molar-refractivity contribution is 7.22. The number of hydrogen-bond acceptors (Lipinski definition) is 7. The summed E-state index contributed by atoms with van der Waals surface area (Å²) in [6, 6.07) is 11.6. The molecular formula is C23H26N4O2S2. The third-order valence-corrected chi connectivity index (χ3v) is 7.09. The Hall–Kier alpha value is -2.55. The molecule has 0 radical (unpaired) electrons. The average Bonchev–Trinajstić information content (AvgIpc) is 3.43. The number of rotatable bonds is 9. The van der Waals surface area contributed by atoms with Crippen LogP contribution in [0, 0.1) is 0 Å². The van der Waals surface area contributed by atoms with Crippen LogP contribution in [0.3, 0.4) is 0 Å². The lowest BCUT2D eigenvalue weighted by molar-refractivity contribution is 0.0984. The number of ether oxygens (including phenoxy) is 1. The number of anilines is 1. The molecule has 31 heavy (non-hydrogen) atoms. The molecule has 2 heterocycles. The smallest absolute Gasteiger partial charge is 0.260 e. The molecule has 162 valence electrons. The molecule has 0 unspecified atom stereocenters. The van der Waals surface area contributed by atoms with Crippen LogP contribution in [0.5, 0.6) is 5.75 Å². The molecule has 4 aromatic rings. The number of thiazole rings is 2. The number of carbonyl (C=O) groups excluding carboxylic acids is 1. The standard InChI is InChI=1S/C23H26N4O2S2/c1-4-26(5-2)12-13-27(22(28)16-10-11-17-20(14-16)30-15-24-17)23-25-21-18(29-6-3)8-7-9-19(21)31-23/h7-11,14-15H,4-6,12-13H2,1-3H3. The first-order valence-electron chi connectivity index (χ1n) is 10.5. The Kier molecular flexibility index (Phi) is 6.80. The van der Waals surface area contributed by atoms with E-state index in [-0.39, 0.29) is 5.91 Å². The fourth-order valence-electron chi connectivity index (χ4n) is 3.51. The second kappa shape index (κ2) is 9.72. The first-order chi connectivity index (χ1) is 15.1. The maximum atomic E-state index is 13.6. The quantitative estimate of drug-likeness (QED) is 0.344. The van der Waals surface area contributed by atoms with Crippen LogP contribution in [0.2, 0.25) is 0 Å². The lowest BCUT2D eigenvalue weighted by atomic mass is 10.2. The first-order valence-corrected chi connectivity index (χ1v) is 12.2. The number of hydrogen-bond donors (Lipinski definition) is 0. The van der Waals surface area contributed by atoms with Gasteiger partial charge in [-0.1, -0.05) is 31.3 Å². The Labute approximate surface area is 190 Å². The number of nitrogens with zero attached hydrogens (tertiary/aromatic N) is 4. The van der Waals surface area contributed by atoms with Crippen molar-refractivity contribution in [3.05, 3.63) is 47.5 Å². The first kappa shape index (κ1) is 21.7. The lowest BCUT2D eigenvalue weighted by Gasteiger charge is -2.24. The van der Waals surface area contributed by atoms with Gasteiger partial charge in [-0.05, 0) is 50.3 Å². The van der Waals surface area contributed by atoms with Gasteiger partial charge in [-0.25, -0.2) is 9.97 Å². The maximum Gasteiger partial charge on any atom is 0.260 e. The predicted octanol–water partition coefficient (Wildman–Crippen LogP) is 5.29. The van der Waals surface area contributed by atoms with Crippen molar-refractivity contribution in [1.29, 1.82) is 0 Å². The number of amides is 1. The van der Waals surface area contributed by atoms with Crippen LogP contribution in [-0.4, -0.2) is 53.6 Å². The van der Waals surface area contributed by atoms with Gasteiger partial charge in [0.05, 0.1) is 27.0 Å². The van der Waals surface area contributed by atoms with Crippen molar-refractivity contribution in [2.75, 3.05) is 37.7 Å². The van der Waals surface area contributed by atoms with Crippen LogP contribution in [0.1, 0.15) is 31.1 Å². The minimum Gasteiger partial charge on any atom is -0.492 e. The van der Waals surface area contributed by atoms with Crippen LogP contribution < -0.4 is 9.64 Å². The highest BCUT2D eigenvalue weighted by Crippen LogP contribution is 2.35. The zero-order valence-corrected chi connectivity index (χ0v) is 19.6. The summed E-state index contributed by atoms with van der Waals surface area (Å²) in [4.78, 5) is 26.9.